The van der Waals surface area contributed by atoms with E-state index in [1.807, 2.05) is 36.4 Å². The summed E-state index contributed by atoms with van der Waals surface area (Å²) in [5.74, 6) is 0. The standard InChI is InChI=1S/C24H24N2O2/c1-23(2)24(13-7-8-14-24)20-11-5-4-10-19(20)22(26(23)28)18-15-17-9-3-6-12-21(17)25(27)16-18/h3-6,9-12,15-16H,7-8,13-14H2,1-2H3. The van der Waals surface area contributed by atoms with Crippen LogP contribution in [0.3, 0.4) is 0 Å². The third-order valence-corrected chi connectivity index (χ3v) is 7.05. The molecule has 0 unspecified atom stereocenters. The maximum atomic E-state index is 13.8. The number of aromatic nitrogens is 1. The Morgan fingerprint density at radius 2 is 1.57 bits per heavy atom. The second-order valence-electron chi connectivity index (χ2n) is 8.65. The largest absolute Gasteiger partial charge is 0.623 e. The Hall–Kier alpha value is -2.88. The van der Waals surface area contributed by atoms with Crippen LogP contribution in [0.25, 0.3) is 10.9 Å². The van der Waals surface area contributed by atoms with Crippen LogP contribution in [0.5, 0.6) is 0 Å². The van der Waals surface area contributed by atoms with Gasteiger partial charge in [-0.05, 0) is 36.6 Å². The summed E-state index contributed by atoms with van der Waals surface area (Å²) < 4.78 is 2.06. The minimum atomic E-state index is -0.577. The number of nitrogens with zero attached hydrogens (tertiary/aromatic N) is 2. The van der Waals surface area contributed by atoms with Crippen molar-refractivity contribution in [1.82, 2.24) is 0 Å². The highest BCUT2D eigenvalue weighted by Gasteiger charge is 2.58. The van der Waals surface area contributed by atoms with E-state index in [-0.39, 0.29) is 5.41 Å². The summed E-state index contributed by atoms with van der Waals surface area (Å²) in [6, 6.07) is 17.7. The lowest BCUT2D eigenvalue weighted by molar-refractivity contribution is -0.578. The molecular formula is C24H24N2O2. The molecule has 0 N–H and O–H groups in total. The Morgan fingerprint density at radius 3 is 2.36 bits per heavy atom. The topological polar surface area (TPSA) is 53.0 Å². The molecule has 0 amide bonds. The van der Waals surface area contributed by atoms with E-state index in [0.717, 1.165) is 41.4 Å². The van der Waals surface area contributed by atoms with Gasteiger partial charge in [0.2, 0.25) is 11.2 Å². The highest BCUT2D eigenvalue weighted by molar-refractivity contribution is 6.12. The number of pyridine rings is 1. The first kappa shape index (κ1) is 17.2. The third kappa shape index (κ3) is 2.12. The number of para-hydroxylation sites is 1. The summed E-state index contributed by atoms with van der Waals surface area (Å²) in [7, 11) is 0. The second-order valence-corrected chi connectivity index (χ2v) is 8.65. The smallest absolute Gasteiger partial charge is 0.232 e. The molecule has 28 heavy (non-hydrogen) atoms. The number of fused-ring (bicyclic) bond motifs is 3. The van der Waals surface area contributed by atoms with Gasteiger partial charge in [0, 0.05) is 25.3 Å². The Kier molecular flexibility index (Phi) is 3.57. The van der Waals surface area contributed by atoms with Gasteiger partial charge in [-0.25, -0.2) is 0 Å². The number of hydrogen-bond donors (Lipinski definition) is 0. The van der Waals surface area contributed by atoms with E-state index < -0.39 is 5.54 Å². The van der Waals surface area contributed by atoms with Gasteiger partial charge in [-0.1, -0.05) is 43.2 Å². The normalized spacial score (nSPS) is 19.9. The lowest BCUT2D eigenvalue weighted by atomic mass is 9.62. The number of hydrogen-bond acceptors (Lipinski definition) is 2. The van der Waals surface area contributed by atoms with E-state index in [0.29, 0.717) is 16.8 Å². The quantitative estimate of drug-likeness (QED) is 0.469. The van der Waals surface area contributed by atoms with E-state index in [1.165, 1.54) is 10.3 Å². The number of hydroxylamine groups is 1. The molecule has 5 rings (SSSR count). The highest BCUT2D eigenvalue weighted by Crippen LogP contribution is 2.53. The monoisotopic (exact) mass is 372 g/mol. The molecular weight excluding hydrogens is 348 g/mol. The van der Waals surface area contributed by atoms with E-state index in [4.69, 9.17) is 0 Å². The van der Waals surface area contributed by atoms with Gasteiger partial charge >= 0.3 is 0 Å². The van der Waals surface area contributed by atoms with Crippen molar-refractivity contribution in [3.05, 3.63) is 87.9 Å². The van der Waals surface area contributed by atoms with Gasteiger partial charge in [-0.3, -0.25) is 0 Å². The zero-order valence-corrected chi connectivity index (χ0v) is 16.3. The van der Waals surface area contributed by atoms with Gasteiger partial charge in [-0.2, -0.15) is 9.47 Å². The Labute approximate surface area is 164 Å². The van der Waals surface area contributed by atoms with Crippen LogP contribution in [0, 0.1) is 10.4 Å². The van der Waals surface area contributed by atoms with Crippen molar-refractivity contribution < 1.29 is 9.47 Å². The molecule has 0 saturated heterocycles. The second kappa shape index (κ2) is 5.81. The molecule has 1 aliphatic carbocycles. The SMILES string of the molecule is CC1(C)[N+]([O-])=C(c2cc3ccccc3[n+]([O-])c2)c2ccccc2C12CCCC2. The van der Waals surface area contributed by atoms with Crippen LogP contribution < -0.4 is 4.73 Å². The molecule has 4 heteroatoms. The minimum Gasteiger partial charge on any atom is -0.623 e. The number of rotatable bonds is 1. The van der Waals surface area contributed by atoms with Crippen LogP contribution in [0.4, 0.5) is 0 Å². The Bertz CT molecular complexity index is 1120. The van der Waals surface area contributed by atoms with Crippen molar-refractivity contribution in [3.8, 4) is 0 Å². The van der Waals surface area contributed by atoms with E-state index >= 15 is 0 Å². The molecule has 0 radical (unpaired) electrons. The van der Waals surface area contributed by atoms with Crippen LogP contribution in [0.15, 0.2) is 60.8 Å². The molecule has 0 atom stereocenters. The minimum absolute atomic E-state index is 0.140. The van der Waals surface area contributed by atoms with Crippen molar-refractivity contribution in [3.63, 3.8) is 0 Å². The van der Waals surface area contributed by atoms with Crippen LogP contribution in [0.2, 0.25) is 0 Å². The predicted molar refractivity (Wildman–Crippen MR) is 110 cm³/mol. The van der Waals surface area contributed by atoms with Crippen LogP contribution in [-0.4, -0.2) is 16.0 Å². The first-order valence-corrected chi connectivity index (χ1v) is 10.0. The van der Waals surface area contributed by atoms with Crippen LogP contribution >= 0.6 is 0 Å². The summed E-state index contributed by atoms with van der Waals surface area (Å²) in [5.41, 5.74) is 3.40. The zero-order valence-electron chi connectivity index (χ0n) is 16.3. The summed E-state index contributed by atoms with van der Waals surface area (Å²) in [4.78, 5) is 0. The fourth-order valence-electron chi connectivity index (χ4n) is 5.49. The highest BCUT2D eigenvalue weighted by atomic mass is 16.5. The lowest BCUT2D eigenvalue weighted by Gasteiger charge is -2.46. The fraction of sp³-hybridized carbons (Fsp3) is 0.333. The fourth-order valence-corrected chi connectivity index (χ4v) is 5.49. The first-order chi connectivity index (χ1) is 13.5. The summed E-state index contributed by atoms with van der Waals surface area (Å²) in [6.07, 6.45) is 5.90. The molecule has 4 nitrogen and oxygen atoms in total. The van der Waals surface area contributed by atoms with Crippen molar-refractivity contribution in [1.29, 1.82) is 0 Å². The van der Waals surface area contributed by atoms with Crippen LogP contribution in [0.1, 0.15) is 56.2 Å². The van der Waals surface area contributed by atoms with Gasteiger partial charge in [0.1, 0.15) is 5.56 Å². The third-order valence-electron chi connectivity index (χ3n) is 7.05. The van der Waals surface area contributed by atoms with Gasteiger partial charge in [0.15, 0.2) is 11.7 Å². The Balaban J connectivity index is 1.83. The summed E-state index contributed by atoms with van der Waals surface area (Å²) in [6.45, 7) is 4.13. The predicted octanol–water partition coefficient (Wildman–Crippen LogP) is 4.42. The maximum Gasteiger partial charge on any atom is 0.232 e. The molecule has 3 aromatic rings. The molecule has 1 fully saturated rings. The van der Waals surface area contributed by atoms with E-state index in [1.54, 1.807) is 12.3 Å². The van der Waals surface area contributed by atoms with E-state index in [2.05, 4.69) is 26.0 Å². The summed E-state index contributed by atoms with van der Waals surface area (Å²) >= 11 is 0. The van der Waals surface area contributed by atoms with Gasteiger partial charge in [0.05, 0.1) is 11.0 Å². The molecule has 0 bridgehead atoms. The molecule has 2 aliphatic rings. The molecule has 1 spiro atoms. The lowest BCUT2D eigenvalue weighted by Crippen LogP contribution is -2.57. The molecule has 1 aliphatic heterocycles. The molecule has 2 aromatic carbocycles. The van der Waals surface area contributed by atoms with Crippen molar-refractivity contribution in [2.24, 2.45) is 0 Å². The molecule has 2 heterocycles. The zero-order chi connectivity index (χ0) is 19.5. The van der Waals surface area contributed by atoms with E-state index in [9.17, 15) is 10.4 Å². The van der Waals surface area contributed by atoms with Crippen LogP contribution in [-0.2, 0) is 5.41 Å². The average Bonchev–Trinajstić information content (AvgIpc) is 3.19. The number of benzene rings is 2. The molecule has 1 aromatic heterocycles. The summed E-state index contributed by atoms with van der Waals surface area (Å²) in [5, 5.41) is 27.3. The Morgan fingerprint density at radius 1 is 0.893 bits per heavy atom. The maximum absolute atomic E-state index is 13.8. The average molecular weight is 372 g/mol. The van der Waals surface area contributed by atoms with Gasteiger partial charge in [0.25, 0.3) is 0 Å². The molecule has 1 saturated carbocycles. The van der Waals surface area contributed by atoms with Crippen molar-refractivity contribution >= 4 is 16.6 Å². The van der Waals surface area contributed by atoms with Crippen molar-refractivity contribution in [2.75, 3.05) is 0 Å². The van der Waals surface area contributed by atoms with Gasteiger partial charge in [-0.15, -0.1) is 0 Å². The van der Waals surface area contributed by atoms with Crippen molar-refractivity contribution in [2.45, 2.75) is 50.5 Å². The molecule has 142 valence electrons. The first-order valence-electron chi connectivity index (χ1n) is 10.0. The van der Waals surface area contributed by atoms with Gasteiger partial charge < -0.3 is 10.4 Å².